The normalized spacial score (nSPS) is 56.5. The van der Waals surface area contributed by atoms with Crippen LogP contribution < -0.4 is 0 Å². The van der Waals surface area contributed by atoms with Crippen molar-refractivity contribution in [3.05, 3.63) is 12.2 Å². The average molecular weight is 443 g/mol. The van der Waals surface area contributed by atoms with Crippen LogP contribution in [0.4, 0.5) is 0 Å². The van der Waals surface area contributed by atoms with Crippen LogP contribution in [0.3, 0.4) is 0 Å². The number of rotatable bonds is 2. The maximum absolute atomic E-state index is 10.9. The van der Waals surface area contributed by atoms with E-state index in [4.69, 9.17) is 0 Å². The van der Waals surface area contributed by atoms with Crippen molar-refractivity contribution >= 4 is 0 Å². The van der Waals surface area contributed by atoms with E-state index in [0.29, 0.717) is 40.6 Å². The molecule has 0 radical (unpaired) electrons. The first kappa shape index (κ1) is 23.4. The van der Waals surface area contributed by atoms with Crippen molar-refractivity contribution in [3.8, 4) is 0 Å². The van der Waals surface area contributed by atoms with Crippen molar-refractivity contribution in [2.45, 2.75) is 112 Å². The molecule has 2 nitrogen and oxygen atoms in total. The van der Waals surface area contributed by atoms with Gasteiger partial charge in [-0.05, 0) is 128 Å². The monoisotopic (exact) mass is 442 g/mol. The van der Waals surface area contributed by atoms with E-state index in [2.05, 4.69) is 48.1 Å². The molecular weight excluding hydrogens is 392 g/mol. The fourth-order valence-corrected chi connectivity index (χ4v) is 11.5. The van der Waals surface area contributed by atoms with Crippen molar-refractivity contribution in [3.63, 3.8) is 0 Å². The van der Waals surface area contributed by atoms with E-state index in [0.717, 1.165) is 18.3 Å². The van der Waals surface area contributed by atoms with Gasteiger partial charge in [-0.2, -0.15) is 0 Å². The third kappa shape index (κ3) is 2.66. The van der Waals surface area contributed by atoms with E-state index in [1.807, 2.05) is 0 Å². The molecule has 182 valence electrons. The lowest BCUT2D eigenvalue weighted by Crippen LogP contribution is -2.66. The van der Waals surface area contributed by atoms with Gasteiger partial charge in [0.05, 0.1) is 6.10 Å². The summed E-state index contributed by atoms with van der Waals surface area (Å²) in [6.45, 7) is 19.7. The Balaban J connectivity index is 1.55. The van der Waals surface area contributed by atoms with E-state index < -0.39 is 0 Å². The first-order valence-corrected chi connectivity index (χ1v) is 13.8. The highest BCUT2D eigenvalue weighted by molar-refractivity contribution is 5.21. The third-order valence-electron chi connectivity index (χ3n) is 13.5. The minimum atomic E-state index is -0.147. The van der Waals surface area contributed by atoms with Crippen LogP contribution in [-0.2, 0) is 0 Å². The Kier molecular flexibility index (Phi) is 5.19. The number of aliphatic hydroxyl groups excluding tert-OH is 2. The smallest absolute Gasteiger partial charge is 0.0594 e. The predicted molar refractivity (Wildman–Crippen MR) is 132 cm³/mol. The Bertz CT molecular complexity index is 786. The molecule has 0 spiro atoms. The summed E-state index contributed by atoms with van der Waals surface area (Å²) in [7, 11) is 0. The molecule has 0 aromatic carbocycles. The third-order valence-corrected chi connectivity index (χ3v) is 13.5. The van der Waals surface area contributed by atoms with Gasteiger partial charge >= 0.3 is 0 Å². The summed E-state index contributed by atoms with van der Waals surface area (Å²) in [4.78, 5) is 0. The molecule has 7 unspecified atom stereocenters. The number of fused-ring (bicyclic) bond motifs is 7. The Labute approximate surface area is 197 Å². The second-order valence-electron chi connectivity index (χ2n) is 14.6. The average Bonchev–Trinajstić information content (AvgIpc) is 3.12. The lowest BCUT2D eigenvalue weighted by Gasteiger charge is -2.73. The minimum Gasteiger partial charge on any atom is -0.396 e. The first-order valence-electron chi connectivity index (χ1n) is 13.8. The number of aliphatic hydroxyl groups is 2. The van der Waals surface area contributed by atoms with Crippen molar-refractivity contribution in [1.29, 1.82) is 0 Å². The van der Waals surface area contributed by atoms with Gasteiger partial charge in [-0.1, -0.05) is 46.8 Å². The van der Waals surface area contributed by atoms with Gasteiger partial charge < -0.3 is 10.2 Å². The topological polar surface area (TPSA) is 40.5 Å². The number of hydrogen-bond donors (Lipinski definition) is 2. The Morgan fingerprint density at radius 2 is 1.53 bits per heavy atom. The molecule has 5 aliphatic rings. The lowest BCUT2D eigenvalue weighted by molar-refractivity contribution is -0.249. The predicted octanol–water partition coefficient (Wildman–Crippen LogP) is 7.00. The summed E-state index contributed by atoms with van der Waals surface area (Å²) >= 11 is 0. The van der Waals surface area contributed by atoms with Crippen LogP contribution in [0.2, 0.25) is 0 Å². The second-order valence-corrected chi connectivity index (χ2v) is 14.6. The lowest BCUT2D eigenvalue weighted by atomic mass is 9.32. The van der Waals surface area contributed by atoms with Gasteiger partial charge in [0, 0.05) is 6.61 Å². The standard InChI is InChI=1S/C30H50O2/c1-19(2)20-10-15-30(18-31)17-16-28(6)21(25(20)30)8-9-23-27(5)13-12-24(32)26(3,4)22(27)11-14-29(23,28)7/h20-25,31-32H,1,8-18H2,2-7H3/t20?,21?,22?,23?,24?,25?,27-,28+,29+,30?/m0/s1. The highest BCUT2D eigenvalue weighted by Gasteiger charge is 2.70. The van der Waals surface area contributed by atoms with E-state index in [1.165, 1.54) is 63.4 Å². The van der Waals surface area contributed by atoms with Gasteiger partial charge in [-0.15, -0.1) is 0 Å². The van der Waals surface area contributed by atoms with Crippen molar-refractivity contribution < 1.29 is 10.2 Å². The molecule has 5 fully saturated rings. The van der Waals surface area contributed by atoms with Gasteiger partial charge in [0.15, 0.2) is 0 Å². The highest BCUT2D eigenvalue weighted by Crippen LogP contribution is 2.77. The van der Waals surface area contributed by atoms with Crippen molar-refractivity contribution in [1.82, 2.24) is 0 Å². The molecule has 0 aliphatic heterocycles. The maximum Gasteiger partial charge on any atom is 0.0594 e. The van der Waals surface area contributed by atoms with E-state index >= 15 is 0 Å². The summed E-state index contributed by atoms with van der Waals surface area (Å²) in [5.74, 6) is 3.33. The summed E-state index contributed by atoms with van der Waals surface area (Å²) in [5, 5.41) is 21.5. The van der Waals surface area contributed by atoms with E-state index in [9.17, 15) is 10.2 Å². The zero-order valence-electron chi connectivity index (χ0n) is 21.8. The summed E-state index contributed by atoms with van der Waals surface area (Å²) in [5.41, 5.74) is 2.60. The van der Waals surface area contributed by atoms with Gasteiger partial charge in [0.1, 0.15) is 0 Å². The molecule has 5 rings (SSSR count). The SMILES string of the molecule is C=C(C)C1CCC2(CO)CC[C@]3(C)C(CCC4[C@@]5(C)CCC(O)C(C)(C)C5CC[C@]43C)C12. The molecule has 0 heterocycles. The van der Waals surface area contributed by atoms with Crippen LogP contribution in [0.1, 0.15) is 106 Å². The van der Waals surface area contributed by atoms with Crippen LogP contribution >= 0.6 is 0 Å². The highest BCUT2D eigenvalue weighted by atomic mass is 16.3. The first-order chi connectivity index (χ1) is 14.9. The van der Waals surface area contributed by atoms with E-state index in [1.54, 1.807) is 0 Å². The molecule has 10 atom stereocenters. The fraction of sp³-hybridized carbons (Fsp3) is 0.933. The van der Waals surface area contributed by atoms with Gasteiger partial charge in [-0.25, -0.2) is 0 Å². The molecular formula is C30H50O2. The summed E-state index contributed by atoms with van der Waals surface area (Å²) < 4.78 is 0. The fourth-order valence-electron chi connectivity index (χ4n) is 11.5. The molecule has 0 bridgehead atoms. The molecule has 5 saturated carbocycles. The molecule has 2 N–H and O–H groups in total. The largest absolute Gasteiger partial charge is 0.396 e. The molecule has 0 saturated heterocycles. The summed E-state index contributed by atoms with van der Waals surface area (Å²) in [6.07, 6.45) is 12.2. The zero-order chi connectivity index (χ0) is 23.3. The van der Waals surface area contributed by atoms with Gasteiger partial charge in [0.25, 0.3) is 0 Å². The molecule has 32 heavy (non-hydrogen) atoms. The molecule has 2 heteroatoms. The van der Waals surface area contributed by atoms with Gasteiger partial charge in [0.2, 0.25) is 0 Å². The molecule has 0 aromatic rings. The van der Waals surface area contributed by atoms with E-state index in [-0.39, 0.29) is 16.9 Å². The second kappa shape index (κ2) is 7.09. The van der Waals surface area contributed by atoms with Crippen LogP contribution in [0.25, 0.3) is 0 Å². The Hall–Kier alpha value is -0.340. The van der Waals surface area contributed by atoms with Crippen LogP contribution in [0.5, 0.6) is 0 Å². The molecule has 0 aromatic heterocycles. The van der Waals surface area contributed by atoms with Crippen molar-refractivity contribution in [2.75, 3.05) is 6.61 Å². The minimum absolute atomic E-state index is 0.0290. The Morgan fingerprint density at radius 3 is 2.19 bits per heavy atom. The number of allylic oxidation sites excluding steroid dienone is 1. The quantitative estimate of drug-likeness (QED) is 0.452. The van der Waals surface area contributed by atoms with Crippen LogP contribution in [0.15, 0.2) is 12.2 Å². The molecule has 0 amide bonds. The zero-order valence-corrected chi connectivity index (χ0v) is 21.8. The maximum atomic E-state index is 10.9. The van der Waals surface area contributed by atoms with Crippen molar-refractivity contribution in [2.24, 2.45) is 56.7 Å². The number of hydrogen-bond acceptors (Lipinski definition) is 2. The molecule has 5 aliphatic carbocycles. The van der Waals surface area contributed by atoms with Gasteiger partial charge in [-0.3, -0.25) is 0 Å². The van der Waals surface area contributed by atoms with Crippen LogP contribution in [-0.4, -0.2) is 22.9 Å². The van der Waals surface area contributed by atoms with Crippen LogP contribution in [0, 0.1) is 56.7 Å². The Morgan fingerprint density at radius 1 is 0.812 bits per heavy atom. The summed E-state index contributed by atoms with van der Waals surface area (Å²) in [6, 6.07) is 0.